The zero-order valence-electron chi connectivity index (χ0n) is 9.21. The van der Waals surface area contributed by atoms with E-state index in [1.54, 1.807) is 7.05 Å². The maximum Gasteiger partial charge on any atom is 0.251 e. The van der Waals surface area contributed by atoms with Crippen molar-refractivity contribution in [3.05, 3.63) is 0 Å². The van der Waals surface area contributed by atoms with E-state index >= 15 is 0 Å². The van der Waals surface area contributed by atoms with Crippen LogP contribution in [-0.2, 0) is 9.53 Å². The van der Waals surface area contributed by atoms with Crippen LogP contribution < -0.4 is 5.32 Å². The predicted molar refractivity (Wildman–Crippen MR) is 56.1 cm³/mol. The minimum Gasteiger partial charge on any atom is -0.359 e. The molecule has 2 unspecified atom stereocenters. The lowest BCUT2D eigenvalue weighted by molar-refractivity contribution is -0.121. The van der Waals surface area contributed by atoms with E-state index < -0.39 is 0 Å². The van der Waals surface area contributed by atoms with Crippen molar-refractivity contribution < 1.29 is 9.53 Å². The number of hydrogen-bond acceptors (Lipinski definition) is 2. The summed E-state index contributed by atoms with van der Waals surface area (Å²) in [4.78, 5) is 11.1. The number of amides is 1. The number of likely N-dealkylation sites (N-methyl/N-ethyl adjacent to an activating group) is 1. The number of unbranched alkanes of at least 4 members (excludes halogenated alkanes) is 4. The summed E-state index contributed by atoms with van der Waals surface area (Å²) >= 11 is 0. The second-order valence-corrected chi connectivity index (χ2v) is 3.91. The van der Waals surface area contributed by atoms with Gasteiger partial charge in [0.05, 0.1) is 6.10 Å². The number of epoxide rings is 1. The third-order valence-corrected chi connectivity index (χ3v) is 2.68. The van der Waals surface area contributed by atoms with Crippen LogP contribution in [0.15, 0.2) is 0 Å². The average molecular weight is 199 g/mol. The lowest BCUT2D eigenvalue weighted by Crippen LogP contribution is -2.24. The van der Waals surface area contributed by atoms with Gasteiger partial charge in [-0.05, 0) is 6.42 Å². The molecular formula is C11H21NO2. The van der Waals surface area contributed by atoms with Crippen molar-refractivity contribution in [2.24, 2.45) is 0 Å². The molecule has 1 heterocycles. The fourth-order valence-electron chi connectivity index (χ4n) is 1.68. The molecule has 0 aliphatic carbocycles. The standard InChI is InChI=1S/C11H21NO2/c1-3-4-5-6-7-8-9-10(14-9)11(13)12-2/h9-10H,3-8H2,1-2H3,(H,12,13). The van der Waals surface area contributed by atoms with Crippen LogP contribution in [0.5, 0.6) is 0 Å². The Labute approximate surface area is 86.2 Å². The number of ether oxygens (including phenoxy) is 1. The van der Waals surface area contributed by atoms with Crippen LogP contribution in [0.2, 0.25) is 0 Å². The molecule has 0 spiro atoms. The van der Waals surface area contributed by atoms with Gasteiger partial charge in [-0.1, -0.05) is 39.0 Å². The van der Waals surface area contributed by atoms with Crippen molar-refractivity contribution in [1.82, 2.24) is 5.32 Å². The largest absolute Gasteiger partial charge is 0.359 e. The van der Waals surface area contributed by atoms with Gasteiger partial charge in [-0.15, -0.1) is 0 Å². The van der Waals surface area contributed by atoms with Gasteiger partial charge in [-0.3, -0.25) is 4.79 Å². The summed E-state index contributed by atoms with van der Waals surface area (Å²) in [5, 5.41) is 2.60. The van der Waals surface area contributed by atoms with Gasteiger partial charge >= 0.3 is 0 Å². The topological polar surface area (TPSA) is 41.6 Å². The van der Waals surface area contributed by atoms with Gasteiger partial charge in [0, 0.05) is 7.05 Å². The van der Waals surface area contributed by atoms with Gasteiger partial charge in [-0.25, -0.2) is 0 Å². The van der Waals surface area contributed by atoms with E-state index in [1.807, 2.05) is 0 Å². The third-order valence-electron chi connectivity index (χ3n) is 2.68. The van der Waals surface area contributed by atoms with Crippen molar-refractivity contribution >= 4 is 5.91 Å². The summed E-state index contributed by atoms with van der Waals surface area (Å²) in [5.41, 5.74) is 0. The van der Waals surface area contributed by atoms with E-state index in [4.69, 9.17) is 4.74 Å². The molecule has 3 nitrogen and oxygen atoms in total. The van der Waals surface area contributed by atoms with E-state index in [-0.39, 0.29) is 18.1 Å². The van der Waals surface area contributed by atoms with E-state index in [0.717, 1.165) is 6.42 Å². The molecular weight excluding hydrogens is 178 g/mol. The lowest BCUT2D eigenvalue weighted by atomic mass is 10.1. The zero-order valence-corrected chi connectivity index (χ0v) is 9.21. The van der Waals surface area contributed by atoms with Gasteiger partial charge in [-0.2, -0.15) is 0 Å². The van der Waals surface area contributed by atoms with Crippen molar-refractivity contribution in [2.75, 3.05) is 7.05 Å². The molecule has 82 valence electrons. The Kier molecular flexibility index (Phi) is 4.94. The molecule has 0 aromatic heterocycles. The van der Waals surface area contributed by atoms with Crippen LogP contribution in [-0.4, -0.2) is 25.2 Å². The summed E-state index contributed by atoms with van der Waals surface area (Å²) in [6.45, 7) is 2.21. The first-order valence-corrected chi connectivity index (χ1v) is 5.66. The van der Waals surface area contributed by atoms with Crippen LogP contribution >= 0.6 is 0 Å². The molecule has 3 heteroatoms. The monoisotopic (exact) mass is 199 g/mol. The smallest absolute Gasteiger partial charge is 0.251 e. The molecule has 0 radical (unpaired) electrons. The predicted octanol–water partition coefficient (Wildman–Crippen LogP) is 1.86. The van der Waals surface area contributed by atoms with E-state index in [0.29, 0.717) is 0 Å². The molecule has 0 aromatic rings. The molecule has 1 aliphatic heterocycles. The van der Waals surface area contributed by atoms with Crippen molar-refractivity contribution in [1.29, 1.82) is 0 Å². The molecule has 1 aliphatic rings. The molecule has 1 saturated heterocycles. The average Bonchev–Trinajstić information content (AvgIpc) is 2.96. The van der Waals surface area contributed by atoms with E-state index in [9.17, 15) is 4.79 Å². The van der Waals surface area contributed by atoms with Crippen LogP contribution in [0.25, 0.3) is 0 Å². The molecule has 0 saturated carbocycles. The Bertz CT molecular complexity index is 182. The molecule has 14 heavy (non-hydrogen) atoms. The second-order valence-electron chi connectivity index (χ2n) is 3.91. The summed E-state index contributed by atoms with van der Waals surface area (Å²) in [6.07, 6.45) is 7.48. The minimum atomic E-state index is -0.147. The van der Waals surface area contributed by atoms with Crippen LogP contribution in [0.1, 0.15) is 45.4 Å². The number of carbonyl (C=O) groups excluding carboxylic acids is 1. The summed E-state index contributed by atoms with van der Waals surface area (Å²) in [5.74, 6) is 0.0311. The van der Waals surface area contributed by atoms with Crippen LogP contribution in [0.3, 0.4) is 0 Å². The summed E-state index contributed by atoms with van der Waals surface area (Å²) in [7, 11) is 1.66. The highest BCUT2D eigenvalue weighted by molar-refractivity contribution is 5.83. The molecule has 1 amide bonds. The van der Waals surface area contributed by atoms with Crippen molar-refractivity contribution in [3.63, 3.8) is 0 Å². The third kappa shape index (κ3) is 3.66. The van der Waals surface area contributed by atoms with E-state index in [1.165, 1.54) is 32.1 Å². The highest BCUT2D eigenvalue weighted by Gasteiger charge is 2.43. The fourth-order valence-corrected chi connectivity index (χ4v) is 1.68. The number of carbonyl (C=O) groups is 1. The van der Waals surface area contributed by atoms with Gasteiger partial charge < -0.3 is 10.1 Å². The molecule has 1 rings (SSSR count). The van der Waals surface area contributed by atoms with Crippen LogP contribution in [0.4, 0.5) is 0 Å². The first-order chi connectivity index (χ1) is 6.79. The zero-order chi connectivity index (χ0) is 10.4. The number of rotatable bonds is 7. The quantitative estimate of drug-likeness (QED) is 0.502. The Morgan fingerprint density at radius 1 is 1.29 bits per heavy atom. The Hall–Kier alpha value is -0.570. The highest BCUT2D eigenvalue weighted by Crippen LogP contribution is 2.27. The summed E-state index contributed by atoms with van der Waals surface area (Å²) in [6, 6.07) is 0. The van der Waals surface area contributed by atoms with Gasteiger partial charge in [0.2, 0.25) is 0 Å². The SMILES string of the molecule is CCCCCCCC1OC1C(=O)NC. The molecule has 1 N–H and O–H groups in total. The normalized spacial score (nSPS) is 24.7. The summed E-state index contributed by atoms with van der Waals surface area (Å²) < 4.78 is 5.26. The number of hydrogen-bond donors (Lipinski definition) is 1. The Balaban J connectivity index is 1.93. The van der Waals surface area contributed by atoms with Crippen molar-refractivity contribution in [2.45, 2.75) is 57.7 Å². The van der Waals surface area contributed by atoms with Gasteiger partial charge in [0.15, 0.2) is 6.10 Å². The Morgan fingerprint density at radius 2 is 2.00 bits per heavy atom. The minimum absolute atomic E-state index is 0.0311. The molecule has 1 fully saturated rings. The van der Waals surface area contributed by atoms with Gasteiger partial charge in [0.1, 0.15) is 0 Å². The Morgan fingerprint density at radius 3 is 2.64 bits per heavy atom. The molecule has 0 bridgehead atoms. The molecule has 0 aromatic carbocycles. The molecule has 2 atom stereocenters. The van der Waals surface area contributed by atoms with E-state index in [2.05, 4.69) is 12.2 Å². The first-order valence-electron chi connectivity index (χ1n) is 5.66. The number of nitrogens with one attached hydrogen (secondary N) is 1. The second kappa shape index (κ2) is 6.02. The highest BCUT2D eigenvalue weighted by atomic mass is 16.6. The maximum atomic E-state index is 11.1. The first kappa shape index (κ1) is 11.5. The van der Waals surface area contributed by atoms with Gasteiger partial charge in [0.25, 0.3) is 5.91 Å². The maximum absolute atomic E-state index is 11.1. The van der Waals surface area contributed by atoms with Crippen molar-refractivity contribution in [3.8, 4) is 0 Å². The fraction of sp³-hybridized carbons (Fsp3) is 0.909. The lowest BCUT2D eigenvalue weighted by Gasteiger charge is -1.97. The van der Waals surface area contributed by atoms with Crippen LogP contribution in [0, 0.1) is 0 Å².